The van der Waals surface area contributed by atoms with Crippen molar-refractivity contribution < 1.29 is 18.3 Å². The van der Waals surface area contributed by atoms with Gasteiger partial charge in [-0.05, 0) is 17.7 Å². The van der Waals surface area contributed by atoms with Crippen LogP contribution in [0.5, 0.6) is 5.75 Å². The van der Waals surface area contributed by atoms with Gasteiger partial charge in [0.15, 0.2) is 11.6 Å². The number of aromatic nitrogens is 1. The van der Waals surface area contributed by atoms with E-state index in [0.717, 1.165) is 12.2 Å². The molecular formula is C25H10F3N3O. The van der Waals surface area contributed by atoms with Gasteiger partial charge in [-0.2, -0.15) is 10.5 Å². The number of fused-ring (bicyclic) bond motifs is 4. The quantitative estimate of drug-likeness (QED) is 0.297. The Morgan fingerprint density at radius 1 is 0.812 bits per heavy atom. The average molecular weight is 425 g/mol. The smallest absolute Gasteiger partial charge is 0.167 e. The van der Waals surface area contributed by atoms with Crippen molar-refractivity contribution in [3.05, 3.63) is 100 Å². The monoisotopic (exact) mass is 425 g/mol. The second-order valence-electron chi connectivity index (χ2n) is 7.13. The van der Waals surface area contributed by atoms with Gasteiger partial charge in [-0.1, -0.05) is 18.2 Å². The average Bonchev–Trinajstić information content (AvgIpc) is 3.26. The number of rotatable bonds is 0. The van der Waals surface area contributed by atoms with Crippen molar-refractivity contribution in [2.75, 3.05) is 0 Å². The van der Waals surface area contributed by atoms with Crippen molar-refractivity contribution in [2.45, 2.75) is 0 Å². The highest BCUT2D eigenvalue weighted by atomic mass is 19.2. The Morgan fingerprint density at radius 3 is 2.22 bits per heavy atom. The van der Waals surface area contributed by atoms with Crippen molar-refractivity contribution in [3.63, 3.8) is 0 Å². The minimum atomic E-state index is -1.40. The van der Waals surface area contributed by atoms with E-state index in [1.165, 1.54) is 6.07 Å². The van der Waals surface area contributed by atoms with Crippen LogP contribution in [0.3, 0.4) is 0 Å². The van der Waals surface area contributed by atoms with Gasteiger partial charge in [0.1, 0.15) is 11.6 Å². The van der Waals surface area contributed by atoms with Crippen molar-refractivity contribution in [3.8, 4) is 29.1 Å². The predicted molar refractivity (Wildman–Crippen MR) is 111 cm³/mol. The Bertz CT molecular complexity index is 1540. The lowest BCUT2D eigenvalue weighted by Gasteiger charge is -2.11. The first-order valence-electron chi connectivity index (χ1n) is 9.40. The van der Waals surface area contributed by atoms with Crippen LogP contribution in [0.2, 0.25) is 0 Å². The molecule has 4 nitrogen and oxygen atoms in total. The summed E-state index contributed by atoms with van der Waals surface area (Å²) in [6.45, 7) is 0. The number of nitriles is 2. The van der Waals surface area contributed by atoms with Crippen molar-refractivity contribution >= 4 is 16.7 Å². The molecule has 1 N–H and O–H groups in total. The summed E-state index contributed by atoms with van der Waals surface area (Å²) in [7, 11) is 0. The Hall–Kier alpha value is -4.62. The van der Waals surface area contributed by atoms with Crippen molar-refractivity contribution in [1.29, 1.82) is 10.5 Å². The molecule has 7 heteroatoms. The summed E-state index contributed by atoms with van der Waals surface area (Å²) in [6.07, 6.45) is 3.58. The molecule has 5 rings (SSSR count). The minimum absolute atomic E-state index is 0.0152. The van der Waals surface area contributed by atoms with E-state index < -0.39 is 23.0 Å². The van der Waals surface area contributed by atoms with E-state index in [1.807, 2.05) is 12.1 Å². The van der Waals surface area contributed by atoms with Gasteiger partial charge in [0.05, 0.1) is 23.4 Å². The van der Waals surface area contributed by atoms with Crippen molar-refractivity contribution in [1.82, 2.24) is 4.98 Å². The number of halogens is 3. The molecule has 0 saturated heterocycles. The summed E-state index contributed by atoms with van der Waals surface area (Å²) in [5.74, 6) is -3.82. The Morgan fingerprint density at radius 2 is 1.50 bits per heavy atom. The van der Waals surface area contributed by atoms with E-state index in [1.54, 1.807) is 30.5 Å². The maximum Gasteiger partial charge on any atom is 0.167 e. The molecule has 0 atom stereocenters. The molecule has 3 aromatic rings. The van der Waals surface area contributed by atoms with Gasteiger partial charge in [0.2, 0.25) is 0 Å². The first-order valence-corrected chi connectivity index (χ1v) is 9.40. The molecule has 0 amide bonds. The number of pyridine rings is 1. The van der Waals surface area contributed by atoms with Gasteiger partial charge in [-0.3, -0.25) is 4.98 Å². The summed E-state index contributed by atoms with van der Waals surface area (Å²) in [6, 6.07) is 12.2. The molecule has 32 heavy (non-hydrogen) atoms. The number of nitrogens with zero attached hydrogens (tertiary/aromatic N) is 3. The molecular weight excluding hydrogens is 415 g/mol. The molecule has 1 heterocycles. The van der Waals surface area contributed by atoms with Crippen LogP contribution in [0.25, 0.3) is 28.0 Å². The van der Waals surface area contributed by atoms with E-state index >= 15 is 0 Å². The van der Waals surface area contributed by atoms with Crippen LogP contribution in [0.1, 0.15) is 22.3 Å². The normalized spacial score (nSPS) is 18.3. The van der Waals surface area contributed by atoms with Crippen molar-refractivity contribution in [2.24, 2.45) is 0 Å². The lowest BCUT2D eigenvalue weighted by molar-refractivity contribution is 0.477. The summed E-state index contributed by atoms with van der Waals surface area (Å²) in [5.41, 5.74) is 1.77. The van der Waals surface area contributed by atoms with Crippen LogP contribution in [-0.2, 0) is 0 Å². The molecule has 0 fully saturated rings. The molecule has 0 bridgehead atoms. The maximum atomic E-state index is 14.9. The minimum Gasteiger partial charge on any atom is -0.507 e. The summed E-state index contributed by atoms with van der Waals surface area (Å²) >= 11 is 0. The zero-order valence-corrected chi connectivity index (χ0v) is 16.1. The number of hydrogen-bond acceptors (Lipinski definition) is 4. The molecule has 1 aromatic heterocycles. The molecule has 0 spiro atoms. The molecule has 2 aliphatic rings. The summed E-state index contributed by atoms with van der Waals surface area (Å²) < 4.78 is 43.9. The van der Waals surface area contributed by atoms with Crippen LogP contribution in [0.4, 0.5) is 13.2 Å². The number of phenols is 1. The Labute approximate surface area is 180 Å². The highest BCUT2D eigenvalue weighted by molar-refractivity contribution is 6.19. The topological polar surface area (TPSA) is 80.7 Å². The number of phenolic OH excluding ortho intramolecular Hbond substituents is 1. The van der Waals surface area contributed by atoms with Crippen LogP contribution < -0.4 is 0 Å². The fraction of sp³-hybridized carbons (Fsp3) is 0. The third kappa shape index (κ3) is 2.46. The molecule has 0 radical (unpaired) electrons. The molecule has 0 saturated carbocycles. The third-order valence-electron chi connectivity index (χ3n) is 5.54. The highest BCUT2D eigenvalue weighted by Crippen LogP contribution is 2.56. The lowest BCUT2D eigenvalue weighted by atomic mass is 9.91. The molecule has 2 aliphatic carbocycles. The van der Waals surface area contributed by atoms with E-state index in [9.17, 15) is 28.8 Å². The van der Waals surface area contributed by atoms with Gasteiger partial charge < -0.3 is 5.11 Å². The second kappa shape index (κ2) is 6.97. The van der Waals surface area contributed by atoms with Gasteiger partial charge in [-0.15, -0.1) is 0 Å². The number of aromatic hydroxyl groups is 1. The second-order valence-corrected chi connectivity index (χ2v) is 7.13. The predicted octanol–water partition coefficient (Wildman–Crippen LogP) is 5.51. The SMILES string of the molecule is N#C/C=C1C(=C2/c3cccnc3-c3c(O)cccc32)/C(=C/C#N)c2c(F)c(F)cc(F)c2/1. The zero-order chi connectivity index (χ0) is 22.6. The Balaban J connectivity index is 2.02. The summed E-state index contributed by atoms with van der Waals surface area (Å²) in [4.78, 5) is 4.35. The lowest BCUT2D eigenvalue weighted by Crippen LogP contribution is -1.97. The van der Waals surface area contributed by atoms with E-state index in [-0.39, 0.29) is 28.0 Å². The number of benzene rings is 2. The first-order chi connectivity index (χ1) is 15.5. The van der Waals surface area contributed by atoms with Gasteiger partial charge >= 0.3 is 0 Å². The van der Waals surface area contributed by atoms with Gasteiger partial charge in [0, 0.05) is 63.4 Å². The van der Waals surface area contributed by atoms with Crippen LogP contribution in [0.15, 0.2) is 60.3 Å². The van der Waals surface area contributed by atoms with E-state index in [0.29, 0.717) is 34.0 Å². The largest absolute Gasteiger partial charge is 0.507 e. The fourth-order valence-corrected chi connectivity index (χ4v) is 4.41. The van der Waals surface area contributed by atoms with E-state index in [2.05, 4.69) is 4.98 Å². The Kier molecular flexibility index (Phi) is 4.21. The summed E-state index contributed by atoms with van der Waals surface area (Å²) in [5, 5.41) is 29.3. The highest BCUT2D eigenvalue weighted by Gasteiger charge is 2.39. The fourth-order valence-electron chi connectivity index (χ4n) is 4.41. The van der Waals surface area contributed by atoms with E-state index in [4.69, 9.17) is 0 Å². The number of allylic oxidation sites excluding steroid dienone is 5. The third-order valence-corrected chi connectivity index (χ3v) is 5.54. The van der Waals surface area contributed by atoms with Crippen LogP contribution in [0, 0.1) is 40.1 Å². The standard InChI is InChI=1S/C25H10F3N3O/c26-16-11-17(27)24(28)23-14(7-9-30)19(13(6-8-29)21(16)23)20-12-3-1-5-18(32)22(12)25-15(20)4-2-10-31-25/h1-7,10-11,32H/b13-6-,14-7-,20-19-. The first kappa shape index (κ1) is 19.3. The van der Waals surface area contributed by atoms with Gasteiger partial charge in [-0.25, -0.2) is 13.2 Å². The molecule has 2 aromatic carbocycles. The van der Waals surface area contributed by atoms with Crippen LogP contribution >= 0.6 is 0 Å². The molecule has 0 aliphatic heterocycles. The number of hydrogen-bond donors (Lipinski definition) is 1. The zero-order valence-electron chi connectivity index (χ0n) is 16.1. The van der Waals surface area contributed by atoms with Crippen LogP contribution in [-0.4, -0.2) is 10.1 Å². The van der Waals surface area contributed by atoms with Gasteiger partial charge in [0.25, 0.3) is 0 Å². The maximum absolute atomic E-state index is 14.9. The molecule has 152 valence electrons. The molecule has 0 unspecified atom stereocenters.